The van der Waals surface area contributed by atoms with Crippen LogP contribution in [0.1, 0.15) is 51.0 Å². The molecule has 0 aliphatic carbocycles. The minimum atomic E-state index is -0.848. The molecule has 1 heterocycles. The lowest BCUT2D eigenvalue weighted by molar-refractivity contribution is 0.0592. The van der Waals surface area contributed by atoms with Crippen LogP contribution in [0.25, 0.3) is 0 Å². The number of nitrogens with zero attached hydrogens (tertiary/aromatic N) is 1. The predicted molar refractivity (Wildman–Crippen MR) is 95.3 cm³/mol. The van der Waals surface area contributed by atoms with Crippen molar-refractivity contribution in [3.05, 3.63) is 35.9 Å². The number of hydrogen-bond acceptors (Lipinski definition) is 3. The number of piperidine rings is 1. The number of benzene rings is 1. The lowest BCUT2D eigenvalue weighted by Gasteiger charge is -2.34. The average molecular weight is 334 g/mol. The van der Waals surface area contributed by atoms with Gasteiger partial charge in [0.15, 0.2) is 0 Å². The molecule has 24 heavy (non-hydrogen) atoms. The van der Waals surface area contributed by atoms with Crippen molar-refractivity contribution in [3.63, 3.8) is 0 Å². The van der Waals surface area contributed by atoms with Crippen LogP contribution in [-0.2, 0) is 0 Å². The minimum Gasteiger partial charge on any atom is -0.465 e. The summed E-state index contributed by atoms with van der Waals surface area (Å²) in [6, 6.07) is 10.1. The fourth-order valence-electron chi connectivity index (χ4n) is 3.54. The molecule has 1 saturated heterocycles. The molecule has 0 radical (unpaired) electrons. The van der Waals surface area contributed by atoms with Crippen molar-refractivity contribution in [2.45, 2.75) is 57.1 Å². The van der Waals surface area contributed by atoms with E-state index in [9.17, 15) is 15.0 Å². The first-order valence-electron chi connectivity index (χ1n) is 8.84. The maximum atomic E-state index is 11.7. The van der Waals surface area contributed by atoms with Crippen molar-refractivity contribution in [2.75, 3.05) is 19.6 Å². The third-order valence-electron chi connectivity index (χ3n) is 4.69. The van der Waals surface area contributed by atoms with Gasteiger partial charge in [-0.05, 0) is 57.6 Å². The van der Waals surface area contributed by atoms with Gasteiger partial charge in [-0.2, -0.15) is 0 Å². The van der Waals surface area contributed by atoms with Gasteiger partial charge in [-0.15, -0.1) is 0 Å². The van der Waals surface area contributed by atoms with Gasteiger partial charge in [-0.25, -0.2) is 4.79 Å². The molecular formula is C19H30N2O3. The van der Waals surface area contributed by atoms with Gasteiger partial charge in [0, 0.05) is 19.1 Å². The summed E-state index contributed by atoms with van der Waals surface area (Å²) in [4.78, 5) is 13.3. The molecule has 2 rings (SSSR count). The molecule has 5 heteroatoms. The molecule has 0 saturated carbocycles. The molecule has 0 unspecified atom stereocenters. The Balaban J connectivity index is 2.05. The summed E-state index contributed by atoms with van der Waals surface area (Å²) >= 11 is 0. The normalized spacial score (nSPS) is 19.7. The lowest BCUT2D eigenvalue weighted by Crippen LogP contribution is -2.48. The highest BCUT2D eigenvalue weighted by atomic mass is 16.4. The molecule has 0 spiro atoms. The molecule has 1 aliphatic heterocycles. The van der Waals surface area contributed by atoms with Crippen molar-refractivity contribution in [2.24, 2.45) is 0 Å². The second-order valence-electron chi connectivity index (χ2n) is 7.39. The second-order valence-corrected chi connectivity index (χ2v) is 7.39. The Kier molecular flexibility index (Phi) is 6.63. The molecule has 1 aromatic carbocycles. The molecule has 2 atom stereocenters. The van der Waals surface area contributed by atoms with Crippen LogP contribution in [0.15, 0.2) is 30.3 Å². The molecular weight excluding hydrogens is 304 g/mol. The van der Waals surface area contributed by atoms with E-state index in [4.69, 9.17) is 0 Å². The van der Waals surface area contributed by atoms with Crippen molar-refractivity contribution < 1.29 is 15.0 Å². The first-order valence-corrected chi connectivity index (χ1v) is 8.84. The van der Waals surface area contributed by atoms with Gasteiger partial charge >= 0.3 is 6.09 Å². The zero-order valence-electron chi connectivity index (χ0n) is 14.7. The molecule has 3 N–H and O–H groups in total. The first-order chi connectivity index (χ1) is 11.4. The van der Waals surface area contributed by atoms with E-state index in [1.54, 1.807) is 4.90 Å². The van der Waals surface area contributed by atoms with Gasteiger partial charge in [-0.3, -0.25) is 0 Å². The largest absolute Gasteiger partial charge is 0.465 e. The van der Waals surface area contributed by atoms with E-state index in [2.05, 4.69) is 17.4 Å². The molecule has 5 nitrogen and oxygen atoms in total. The Morgan fingerprint density at radius 2 is 2.08 bits per heavy atom. The summed E-state index contributed by atoms with van der Waals surface area (Å²) in [5, 5.41) is 23.1. The molecule has 0 aromatic heterocycles. The monoisotopic (exact) mass is 334 g/mol. The quantitative estimate of drug-likeness (QED) is 0.716. The summed E-state index contributed by atoms with van der Waals surface area (Å²) in [6.45, 7) is 5.81. The van der Waals surface area contributed by atoms with Gasteiger partial charge in [-0.1, -0.05) is 30.3 Å². The molecule has 0 bridgehead atoms. The summed E-state index contributed by atoms with van der Waals surface area (Å²) in [5.74, 6) is 0.143. The van der Waals surface area contributed by atoms with Crippen LogP contribution in [0.5, 0.6) is 0 Å². The lowest BCUT2D eigenvalue weighted by atomic mass is 9.85. The van der Waals surface area contributed by atoms with Crippen LogP contribution in [-0.4, -0.2) is 52.5 Å². The zero-order chi connectivity index (χ0) is 17.6. The molecule has 1 aliphatic rings. The minimum absolute atomic E-state index is 0.0508. The highest BCUT2D eigenvalue weighted by Gasteiger charge is 2.27. The maximum absolute atomic E-state index is 11.7. The second kappa shape index (κ2) is 8.49. The van der Waals surface area contributed by atoms with Crippen LogP contribution in [0, 0.1) is 0 Å². The van der Waals surface area contributed by atoms with Gasteiger partial charge in [0.05, 0.1) is 5.60 Å². The van der Waals surface area contributed by atoms with Crippen molar-refractivity contribution >= 4 is 6.09 Å². The molecule has 1 fully saturated rings. The maximum Gasteiger partial charge on any atom is 0.407 e. The molecule has 134 valence electrons. The SMILES string of the molecule is CC(C)(O)C[C@@H](CCN(C(=O)O)[C@H]1CCCNC1)c1ccccc1. The highest BCUT2D eigenvalue weighted by Crippen LogP contribution is 2.29. The van der Waals surface area contributed by atoms with E-state index >= 15 is 0 Å². The van der Waals surface area contributed by atoms with E-state index in [0.29, 0.717) is 13.0 Å². The Bertz CT molecular complexity index is 507. The number of aliphatic hydroxyl groups is 1. The van der Waals surface area contributed by atoms with E-state index in [-0.39, 0.29) is 12.0 Å². The van der Waals surface area contributed by atoms with Crippen molar-refractivity contribution in [1.29, 1.82) is 0 Å². The van der Waals surface area contributed by atoms with Gasteiger partial charge in [0.25, 0.3) is 0 Å². The average Bonchev–Trinajstić information content (AvgIpc) is 2.54. The van der Waals surface area contributed by atoms with Crippen LogP contribution >= 0.6 is 0 Å². The summed E-state index contributed by atoms with van der Waals surface area (Å²) in [7, 11) is 0. The van der Waals surface area contributed by atoms with Gasteiger partial charge in [0.1, 0.15) is 0 Å². The van der Waals surface area contributed by atoms with Crippen LogP contribution in [0.2, 0.25) is 0 Å². The van der Waals surface area contributed by atoms with Crippen LogP contribution in [0.3, 0.4) is 0 Å². The standard InChI is InChI=1S/C19H30N2O3/c1-19(2,24)13-16(15-7-4-3-5-8-15)10-12-21(18(22)23)17-9-6-11-20-14-17/h3-5,7-8,16-17,20,24H,6,9-14H2,1-2H3,(H,22,23)/t16-,17+/m1/s1. The summed E-state index contributed by atoms with van der Waals surface area (Å²) in [6.07, 6.45) is 2.42. The van der Waals surface area contributed by atoms with E-state index in [0.717, 1.165) is 37.9 Å². The summed E-state index contributed by atoms with van der Waals surface area (Å²) < 4.78 is 0. The topological polar surface area (TPSA) is 72.8 Å². The Hall–Kier alpha value is -1.59. The van der Waals surface area contributed by atoms with Crippen LogP contribution < -0.4 is 5.32 Å². The number of carbonyl (C=O) groups is 1. The van der Waals surface area contributed by atoms with Gasteiger partial charge < -0.3 is 20.4 Å². The summed E-state index contributed by atoms with van der Waals surface area (Å²) in [5.41, 5.74) is 0.382. The number of rotatable bonds is 7. The third-order valence-corrected chi connectivity index (χ3v) is 4.69. The number of carboxylic acid groups (broad SMARTS) is 1. The van der Waals surface area contributed by atoms with Gasteiger partial charge in [0.2, 0.25) is 0 Å². The fraction of sp³-hybridized carbons (Fsp3) is 0.632. The molecule has 1 amide bonds. The zero-order valence-corrected chi connectivity index (χ0v) is 14.7. The van der Waals surface area contributed by atoms with E-state index < -0.39 is 11.7 Å². The number of hydrogen-bond donors (Lipinski definition) is 3. The third kappa shape index (κ3) is 5.80. The van der Waals surface area contributed by atoms with E-state index in [1.807, 2.05) is 32.0 Å². The smallest absolute Gasteiger partial charge is 0.407 e. The Labute approximate surface area is 144 Å². The van der Waals surface area contributed by atoms with Crippen molar-refractivity contribution in [3.8, 4) is 0 Å². The van der Waals surface area contributed by atoms with E-state index in [1.165, 1.54) is 0 Å². The Morgan fingerprint density at radius 1 is 1.38 bits per heavy atom. The fourth-order valence-corrected chi connectivity index (χ4v) is 3.54. The number of amides is 1. The number of nitrogens with one attached hydrogen (secondary N) is 1. The molecule has 1 aromatic rings. The predicted octanol–water partition coefficient (Wildman–Crippen LogP) is 3.05. The first kappa shape index (κ1) is 18.7. The van der Waals surface area contributed by atoms with Crippen molar-refractivity contribution in [1.82, 2.24) is 10.2 Å². The Morgan fingerprint density at radius 3 is 2.62 bits per heavy atom. The van der Waals surface area contributed by atoms with Crippen LogP contribution in [0.4, 0.5) is 4.79 Å². The highest BCUT2D eigenvalue weighted by molar-refractivity contribution is 5.65.